The number of carbonyl (C=O) groups is 1. The Bertz CT molecular complexity index is 888. The topological polar surface area (TPSA) is 73.0 Å². The molecule has 7 nitrogen and oxygen atoms in total. The average Bonchev–Trinajstić information content (AvgIpc) is 2.80. The van der Waals surface area contributed by atoms with Crippen molar-refractivity contribution < 1.29 is 13.2 Å². The van der Waals surface area contributed by atoms with Crippen molar-refractivity contribution in [1.82, 2.24) is 9.21 Å². The molecule has 0 bridgehead atoms. The van der Waals surface area contributed by atoms with Crippen molar-refractivity contribution in [3.63, 3.8) is 0 Å². The van der Waals surface area contributed by atoms with Crippen molar-refractivity contribution in [2.75, 3.05) is 56.0 Å². The van der Waals surface area contributed by atoms with Crippen molar-refractivity contribution >= 4 is 27.3 Å². The Morgan fingerprint density at radius 1 is 1.10 bits per heavy atom. The van der Waals surface area contributed by atoms with Gasteiger partial charge in [0.25, 0.3) is 0 Å². The van der Waals surface area contributed by atoms with Gasteiger partial charge in [-0.05, 0) is 44.0 Å². The molecule has 1 aliphatic carbocycles. The number of anilines is 2. The molecule has 0 aromatic heterocycles. The molecule has 1 saturated heterocycles. The maximum atomic E-state index is 13.1. The summed E-state index contributed by atoms with van der Waals surface area (Å²) in [5.74, 6) is -0.104. The Kier molecular flexibility index (Phi) is 8.13. The standard InChI is InChI=1S/C23H36N4O3S/c1-4-25-14-16-26(17-15-25)22-13-12-20(31(29,30)27(5-2)6-3)18-21(22)24-23(28)19-10-8-7-9-11-19/h7-8,12-13,18-19H,4-6,9-11,14-17H2,1-3H3,(H,24,28). The summed E-state index contributed by atoms with van der Waals surface area (Å²) in [6.07, 6.45) is 6.62. The van der Waals surface area contributed by atoms with Crippen LogP contribution in [0.1, 0.15) is 40.0 Å². The molecule has 1 heterocycles. The average molecular weight is 449 g/mol. The molecule has 1 fully saturated rings. The van der Waals surface area contributed by atoms with Crippen LogP contribution in [-0.2, 0) is 14.8 Å². The van der Waals surface area contributed by atoms with E-state index < -0.39 is 10.0 Å². The molecular weight excluding hydrogens is 412 g/mol. The molecule has 1 amide bonds. The lowest BCUT2D eigenvalue weighted by atomic mass is 9.93. The molecule has 172 valence electrons. The first-order valence-electron chi connectivity index (χ1n) is 11.5. The molecular formula is C23H36N4O3S. The zero-order chi connectivity index (χ0) is 22.4. The fraction of sp³-hybridized carbons (Fsp3) is 0.609. The Labute approximate surface area is 187 Å². The first-order chi connectivity index (χ1) is 14.9. The summed E-state index contributed by atoms with van der Waals surface area (Å²) < 4.78 is 27.6. The molecule has 1 aliphatic heterocycles. The molecule has 2 aliphatic rings. The van der Waals surface area contributed by atoms with Gasteiger partial charge in [-0.15, -0.1) is 0 Å². The number of hydrogen-bond acceptors (Lipinski definition) is 5. The van der Waals surface area contributed by atoms with Crippen molar-refractivity contribution in [3.05, 3.63) is 30.4 Å². The molecule has 1 atom stereocenters. The van der Waals surface area contributed by atoms with Crippen LogP contribution in [0.3, 0.4) is 0 Å². The number of piperazine rings is 1. The number of rotatable bonds is 8. The van der Waals surface area contributed by atoms with Crippen LogP contribution in [0.25, 0.3) is 0 Å². The lowest BCUT2D eigenvalue weighted by Gasteiger charge is -2.36. The highest BCUT2D eigenvalue weighted by atomic mass is 32.2. The zero-order valence-electron chi connectivity index (χ0n) is 19.0. The SMILES string of the molecule is CCN1CCN(c2ccc(S(=O)(=O)N(CC)CC)cc2NC(=O)C2CC=CCC2)CC1. The number of hydrogen-bond donors (Lipinski definition) is 1. The van der Waals surface area contributed by atoms with Gasteiger partial charge in [-0.2, -0.15) is 4.31 Å². The number of nitrogens with one attached hydrogen (secondary N) is 1. The second-order valence-electron chi connectivity index (χ2n) is 8.16. The van der Waals surface area contributed by atoms with Crippen LogP contribution < -0.4 is 10.2 Å². The van der Waals surface area contributed by atoms with Crippen LogP contribution in [-0.4, -0.2) is 69.3 Å². The van der Waals surface area contributed by atoms with E-state index in [1.807, 2.05) is 19.9 Å². The monoisotopic (exact) mass is 448 g/mol. The normalized spacial score (nSPS) is 20.3. The minimum Gasteiger partial charge on any atom is -0.367 e. The van der Waals surface area contributed by atoms with Gasteiger partial charge in [-0.3, -0.25) is 4.79 Å². The van der Waals surface area contributed by atoms with Gasteiger partial charge < -0.3 is 15.1 Å². The Hall–Kier alpha value is -1.90. The number of carbonyl (C=O) groups excluding carboxylic acids is 1. The summed E-state index contributed by atoms with van der Waals surface area (Å²) in [6, 6.07) is 5.17. The first kappa shape index (κ1) is 23.8. The smallest absolute Gasteiger partial charge is 0.243 e. The lowest BCUT2D eigenvalue weighted by molar-refractivity contribution is -0.120. The number of allylic oxidation sites excluding steroid dienone is 2. The molecule has 31 heavy (non-hydrogen) atoms. The number of nitrogens with zero attached hydrogens (tertiary/aromatic N) is 3. The number of benzene rings is 1. The summed E-state index contributed by atoms with van der Waals surface area (Å²) >= 11 is 0. The Morgan fingerprint density at radius 3 is 2.39 bits per heavy atom. The van der Waals surface area contributed by atoms with E-state index in [0.29, 0.717) is 18.8 Å². The summed E-state index contributed by atoms with van der Waals surface area (Å²) in [4.78, 5) is 17.8. The van der Waals surface area contributed by atoms with Gasteiger partial charge in [-0.1, -0.05) is 32.9 Å². The summed E-state index contributed by atoms with van der Waals surface area (Å²) in [7, 11) is -3.60. The largest absolute Gasteiger partial charge is 0.367 e. The van der Waals surface area contributed by atoms with Crippen LogP contribution in [0.2, 0.25) is 0 Å². The number of likely N-dealkylation sites (N-methyl/N-ethyl adjacent to an activating group) is 1. The van der Waals surface area contributed by atoms with E-state index >= 15 is 0 Å². The van der Waals surface area contributed by atoms with Crippen LogP contribution in [0.15, 0.2) is 35.2 Å². The molecule has 1 aromatic carbocycles. The van der Waals surface area contributed by atoms with Crippen molar-refractivity contribution in [3.8, 4) is 0 Å². The summed E-state index contributed by atoms with van der Waals surface area (Å²) in [5, 5.41) is 3.08. The van der Waals surface area contributed by atoms with Crippen LogP contribution in [0.4, 0.5) is 11.4 Å². The molecule has 0 radical (unpaired) electrons. The number of amides is 1. The second-order valence-corrected chi connectivity index (χ2v) is 10.1. The second kappa shape index (κ2) is 10.6. The minimum absolute atomic E-state index is 0.0322. The highest BCUT2D eigenvalue weighted by Gasteiger charge is 2.26. The molecule has 0 spiro atoms. The number of sulfonamides is 1. The van der Waals surface area contributed by atoms with Crippen molar-refractivity contribution in [1.29, 1.82) is 0 Å². The van der Waals surface area contributed by atoms with E-state index in [9.17, 15) is 13.2 Å². The predicted molar refractivity (Wildman–Crippen MR) is 126 cm³/mol. The maximum absolute atomic E-state index is 13.1. The first-order valence-corrected chi connectivity index (χ1v) is 12.9. The summed E-state index contributed by atoms with van der Waals surface area (Å²) in [5.41, 5.74) is 1.49. The van der Waals surface area contributed by atoms with Gasteiger partial charge >= 0.3 is 0 Å². The van der Waals surface area contributed by atoms with E-state index in [4.69, 9.17) is 0 Å². The Balaban J connectivity index is 1.92. The van der Waals surface area contributed by atoms with E-state index in [2.05, 4.69) is 34.2 Å². The molecule has 1 unspecified atom stereocenters. The third-order valence-electron chi connectivity index (χ3n) is 6.37. The molecule has 8 heteroatoms. The van der Waals surface area contributed by atoms with Crippen molar-refractivity contribution in [2.45, 2.75) is 44.9 Å². The third kappa shape index (κ3) is 5.48. The van der Waals surface area contributed by atoms with Gasteiger partial charge in [-0.25, -0.2) is 8.42 Å². The quantitative estimate of drug-likeness (QED) is 0.619. The van der Waals surface area contributed by atoms with Gasteiger partial charge in [0.1, 0.15) is 0 Å². The maximum Gasteiger partial charge on any atom is 0.243 e. The minimum atomic E-state index is -3.60. The van der Waals surface area contributed by atoms with E-state index in [0.717, 1.165) is 57.7 Å². The molecule has 1 N–H and O–H groups in total. The van der Waals surface area contributed by atoms with Crippen LogP contribution >= 0.6 is 0 Å². The molecule has 0 saturated carbocycles. The molecule has 3 rings (SSSR count). The van der Waals surface area contributed by atoms with Crippen LogP contribution in [0.5, 0.6) is 0 Å². The van der Waals surface area contributed by atoms with Gasteiger partial charge in [0.2, 0.25) is 15.9 Å². The lowest BCUT2D eigenvalue weighted by Crippen LogP contribution is -2.46. The van der Waals surface area contributed by atoms with E-state index in [-0.39, 0.29) is 16.7 Å². The predicted octanol–water partition coefficient (Wildman–Crippen LogP) is 3.15. The van der Waals surface area contributed by atoms with Gasteiger partial charge in [0, 0.05) is 45.2 Å². The van der Waals surface area contributed by atoms with Crippen LogP contribution in [0, 0.1) is 5.92 Å². The summed E-state index contributed by atoms with van der Waals surface area (Å²) in [6.45, 7) is 11.3. The van der Waals surface area contributed by atoms with E-state index in [1.54, 1.807) is 12.1 Å². The van der Waals surface area contributed by atoms with Gasteiger partial charge in [0.15, 0.2) is 0 Å². The highest BCUT2D eigenvalue weighted by molar-refractivity contribution is 7.89. The fourth-order valence-corrected chi connectivity index (χ4v) is 5.82. The zero-order valence-corrected chi connectivity index (χ0v) is 19.8. The van der Waals surface area contributed by atoms with Crippen molar-refractivity contribution in [2.24, 2.45) is 5.92 Å². The third-order valence-corrected chi connectivity index (χ3v) is 8.42. The van der Waals surface area contributed by atoms with Gasteiger partial charge in [0.05, 0.1) is 16.3 Å². The molecule has 1 aromatic rings. The van der Waals surface area contributed by atoms with E-state index in [1.165, 1.54) is 4.31 Å². The fourth-order valence-electron chi connectivity index (χ4n) is 4.34. The highest BCUT2D eigenvalue weighted by Crippen LogP contribution is 2.32. The Morgan fingerprint density at radius 2 is 1.81 bits per heavy atom.